The zero-order valence-electron chi connectivity index (χ0n) is 45.7. The summed E-state index contributed by atoms with van der Waals surface area (Å²) in [6.07, 6.45) is 0. The van der Waals surface area contributed by atoms with Gasteiger partial charge in [-0.3, -0.25) is 9.80 Å². The fourth-order valence-corrected chi connectivity index (χ4v) is 11.8. The second kappa shape index (κ2) is 21.6. The van der Waals surface area contributed by atoms with Gasteiger partial charge >= 0.3 is 0 Å². The molecule has 4 aromatic heterocycles. The molecule has 0 N–H and O–H groups in total. The van der Waals surface area contributed by atoms with Crippen LogP contribution in [0.25, 0.3) is 111 Å². The Morgan fingerprint density at radius 2 is 0.417 bits per heavy atom. The van der Waals surface area contributed by atoms with Crippen molar-refractivity contribution in [1.82, 2.24) is 19.9 Å². The van der Waals surface area contributed by atoms with Crippen LogP contribution in [0.3, 0.4) is 0 Å². The number of rotatable bonds is 12. The number of benzene rings is 11. The first-order valence-corrected chi connectivity index (χ1v) is 28.4. The summed E-state index contributed by atoms with van der Waals surface area (Å²) in [5.74, 6) is 1.59. The van der Waals surface area contributed by atoms with Crippen molar-refractivity contribution in [2.24, 2.45) is 0 Å². The lowest BCUT2D eigenvalue weighted by Gasteiger charge is -2.25. The van der Waals surface area contributed by atoms with Gasteiger partial charge in [0.25, 0.3) is 0 Å². The molecule has 394 valence electrons. The molecule has 0 saturated carbocycles. The van der Waals surface area contributed by atoms with Crippen molar-refractivity contribution < 1.29 is 0 Å². The van der Waals surface area contributed by atoms with Crippen molar-refractivity contribution in [3.63, 3.8) is 0 Å². The number of hydrogen-bond donors (Lipinski definition) is 0. The van der Waals surface area contributed by atoms with Crippen molar-refractivity contribution in [3.05, 3.63) is 315 Å². The van der Waals surface area contributed by atoms with Crippen LogP contribution in [0.15, 0.2) is 315 Å². The number of nitrogens with zero attached hydrogens (tertiary/aromatic N) is 6. The van der Waals surface area contributed by atoms with Gasteiger partial charge in [0.2, 0.25) is 0 Å². The maximum absolute atomic E-state index is 5.66. The van der Waals surface area contributed by atoms with E-state index < -0.39 is 0 Å². The van der Waals surface area contributed by atoms with Gasteiger partial charge in [0.1, 0.15) is 11.6 Å². The van der Waals surface area contributed by atoms with Crippen LogP contribution in [0.4, 0.5) is 34.4 Å². The normalized spacial score (nSPS) is 11.3. The lowest BCUT2D eigenvalue weighted by molar-refractivity contribution is 1.21. The summed E-state index contributed by atoms with van der Waals surface area (Å²) in [6.45, 7) is 0. The molecule has 11 aromatic carbocycles. The van der Waals surface area contributed by atoms with E-state index in [0.29, 0.717) is 0 Å². The Morgan fingerprint density at radius 3 is 0.679 bits per heavy atom. The Balaban J connectivity index is 0.933. The van der Waals surface area contributed by atoms with E-state index in [-0.39, 0.29) is 0 Å². The number of fused-ring (bicyclic) bond motifs is 6. The summed E-state index contributed by atoms with van der Waals surface area (Å²) in [4.78, 5) is 27.1. The van der Waals surface area contributed by atoms with Gasteiger partial charge in [-0.15, -0.1) is 0 Å². The molecule has 0 aliphatic rings. The van der Waals surface area contributed by atoms with Crippen molar-refractivity contribution in [2.75, 3.05) is 9.80 Å². The highest BCUT2D eigenvalue weighted by Crippen LogP contribution is 2.45. The molecule has 0 spiro atoms. The summed E-state index contributed by atoms with van der Waals surface area (Å²) in [7, 11) is 0. The van der Waals surface area contributed by atoms with Gasteiger partial charge in [-0.1, -0.05) is 243 Å². The highest BCUT2D eigenvalue weighted by molar-refractivity contribution is 6.15. The second-order valence-electron chi connectivity index (χ2n) is 20.9. The molecule has 0 saturated heterocycles. The van der Waals surface area contributed by atoms with Gasteiger partial charge < -0.3 is 0 Å². The van der Waals surface area contributed by atoms with Crippen molar-refractivity contribution in [1.29, 1.82) is 0 Å². The SMILES string of the molecule is c1ccc(-c2cc(-c3ccc(-c4cc(-c5ccccc5)c5ccc6c(-c7ccccc7)cc(N(c7ccccc7)c7ccccc7)nc6c5n4)cc3)nc3c2ccc2c(-c4ccccc4)cc(N(c4ccccc4)c4ccccc4)nc23)cc1. The molecule has 4 heterocycles. The number of anilines is 6. The number of aromatic nitrogens is 4. The molecule has 0 bridgehead atoms. The smallest absolute Gasteiger partial charge is 0.138 e. The van der Waals surface area contributed by atoms with E-state index in [1.54, 1.807) is 0 Å². The Hall–Kier alpha value is -11.3. The van der Waals surface area contributed by atoms with Gasteiger partial charge in [-0.25, -0.2) is 19.9 Å². The molecule has 15 aromatic rings. The van der Waals surface area contributed by atoms with Gasteiger partial charge in [0, 0.05) is 55.4 Å². The van der Waals surface area contributed by atoms with E-state index >= 15 is 0 Å². The largest absolute Gasteiger partial charge is 0.295 e. The minimum absolute atomic E-state index is 0.794. The maximum Gasteiger partial charge on any atom is 0.138 e. The van der Waals surface area contributed by atoms with Crippen LogP contribution in [0.2, 0.25) is 0 Å². The second-order valence-corrected chi connectivity index (χ2v) is 20.9. The fourth-order valence-electron chi connectivity index (χ4n) is 11.8. The Labute approximate surface area is 487 Å². The van der Waals surface area contributed by atoms with Gasteiger partial charge in [-0.2, -0.15) is 0 Å². The molecule has 6 nitrogen and oxygen atoms in total. The maximum atomic E-state index is 5.66. The molecule has 0 amide bonds. The van der Waals surface area contributed by atoms with Crippen molar-refractivity contribution >= 4 is 78.0 Å². The minimum Gasteiger partial charge on any atom is -0.295 e. The van der Waals surface area contributed by atoms with E-state index in [4.69, 9.17) is 19.9 Å². The predicted octanol–water partition coefficient (Wildman–Crippen LogP) is 20.8. The zero-order chi connectivity index (χ0) is 55.8. The average molecular weight is 1070 g/mol. The van der Waals surface area contributed by atoms with Gasteiger partial charge in [-0.05, 0) is 117 Å². The number of para-hydroxylation sites is 4. The van der Waals surface area contributed by atoms with Gasteiger partial charge in [0.05, 0.1) is 33.5 Å². The third-order valence-electron chi connectivity index (χ3n) is 15.8. The molecular weight excluding hydrogens is 1020 g/mol. The highest BCUT2D eigenvalue weighted by Gasteiger charge is 2.23. The summed E-state index contributed by atoms with van der Waals surface area (Å²) < 4.78 is 0. The Kier molecular flexibility index (Phi) is 12.8. The Bertz CT molecular complexity index is 4450. The standard InChI is InChI=1S/C78H52N6/c1-9-25-53(26-10-1)67-49-71(79-75-63(67)45-47-65-69(55-29-13-3-14-30-55)51-73(81-77(65)75)83(59-33-17-5-18-34-59)60-35-19-6-20-36-60)57-41-43-58(44-42-57)72-50-68(54-27-11-2-12-28-54)64-46-48-66-70(56-31-15-4-16-32-56)52-74(82-78(66)76(64)80-72)84(61-37-21-7-22-38-61)62-39-23-8-24-40-62/h1-52H. The molecule has 6 heteroatoms. The minimum atomic E-state index is 0.794. The molecule has 15 rings (SSSR count). The quantitative estimate of drug-likeness (QED) is 0.114. The van der Waals surface area contributed by atoms with E-state index in [0.717, 1.165) is 145 Å². The monoisotopic (exact) mass is 1070 g/mol. The van der Waals surface area contributed by atoms with E-state index in [1.807, 2.05) is 0 Å². The molecule has 0 aliphatic heterocycles. The van der Waals surface area contributed by atoms with Crippen LogP contribution in [0, 0.1) is 0 Å². The van der Waals surface area contributed by atoms with Crippen LogP contribution >= 0.6 is 0 Å². The molecule has 0 aliphatic carbocycles. The third-order valence-corrected chi connectivity index (χ3v) is 15.8. The molecule has 84 heavy (non-hydrogen) atoms. The van der Waals surface area contributed by atoms with Crippen LogP contribution in [-0.2, 0) is 0 Å². The Morgan fingerprint density at radius 1 is 0.190 bits per heavy atom. The molecule has 0 atom stereocenters. The first kappa shape index (κ1) is 49.7. The number of pyridine rings is 4. The van der Waals surface area contributed by atoms with Crippen LogP contribution in [-0.4, -0.2) is 19.9 Å². The third kappa shape index (κ3) is 9.24. The van der Waals surface area contributed by atoms with Gasteiger partial charge in [0.15, 0.2) is 0 Å². The van der Waals surface area contributed by atoms with Crippen LogP contribution in [0.1, 0.15) is 0 Å². The molecule has 0 unspecified atom stereocenters. The average Bonchev–Trinajstić information content (AvgIpc) is 2.53. The number of hydrogen-bond acceptors (Lipinski definition) is 6. The van der Waals surface area contributed by atoms with Crippen LogP contribution in [0.5, 0.6) is 0 Å². The molecule has 0 fully saturated rings. The first-order chi connectivity index (χ1) is 41.7. The fraction of sp³-hybridized carbons (Fsp3) is 0. The first-order valence-electron chi connectivity index (χ1n) is 28.4. The lowest BCUT2D eigenvalue weighted by atomic mass is 9.94. The van der Waals surface area contributed by atoms with Crippen molar-refractivity contribution in [2.45, 2.75) is 0 Å². The summed E-state index contributed by atoms with van der Waals surface area (Å²) in [5, 5.41) is 4.08. The molecular formula is C78H52N6. The highest BCUT2D eigenvalue weighted by atomic mass is 15.2. The predicted molar refractivity (Wildman–Crippen MR) is 350 cm³/mol. The van der Waals surface area contributed by atoms with E-state index in [9.17, 15) is 0 Å². The topological polar surface area (TPSA) is 58.0 Å². The van der Waals surface area contributed by atoms with E-state index in [1.165, 1.54) is 0 Å². The lowest BCUT2D eigenvalue weighted by Crippen LogP contribution is -2.12. The van der Waals surface area contributed by atoms with Crippen molar-refractivity contribution in [3.8, 4) is 67.0 Å². The van der Waals surface area contributed by atoms with E-state index in [2.05, 4.69) is 325 Å². The summed E-state index contributed by atoms with van der Waals surface area (Å²) in [5.41, 5.74) is 19.6. The summed E-state index contributed by atoms with van der Waals surface area (Å²) >= 11 is 0. The summed E-state index contributed by atoms with van der Waals surface area (Å²) in [6, 6.07) is 111. The van der Waals surface area contributed by atoms with Crippen LogP contribution < -0.4 is 9.80 Å². The molecule has 0 radical (unpaired) electrons. The zero-order valence-corrected chi connectivity index (χ0v) is 45.7.